The molecule has 1 aromatic rings. The number of esters is 1. The van der Waals surface area contributed by atoms with Crippen LogP contribution in [0.15, 0.2) is 18.2 Å². The van der Waals surface area contributed by atoms with Crippen molar-refractivity contribution < 1.29 is 13.9 Å². The number of hydrogen-bond donors (Lipinski definition) is 1. The highest BCUT2D eigenvalue weighted by Crippen LogP contribution is 2.13. The third kappa shape index (κ3) is 4.40. The molecule has 0 spiro atoms. The summed E-state index contributed by atoms with van der Waals surface area (Å²) in [6, 6.07) is 3.84. The molecule has 1 rings (SSSR count). The molecule has 0 bridgehead atoms. The first-order valence-corrected chi connectivity index (χ1v) is 5.37. The first-order chi connectivity index (χ1) is 8.00. The van der Waals surface area contributed by atoms with E-state index in [0.717, 1.165) is 12.6 Å². The molecule has 1 aromatic carbocycles. The number of nitrogens with two attached hydrogens (primary N) is 1. The van der Waals surface area contributed by atoms with Crippen LogP contribution in [-0.2, 0) is 4.74 Å². The fraction of sp³-hybridized carbons (Fsp3) is 0.417. The number of hydrogen-bond acceptors (Lipinski definition) is 4. The monoisotopic (exact) mass is 240 g/mol. The van der Waals surface area contributed by atoms with Gasteiger partial charge >= 0.3 is 5.97 Å². The minimum absolute atomic E-state index is 0.116. The predicted molar refractivity (Wildman–Crippen MR) is 64.3 cm³/mol. The summed E-state index contributed by atoms with van der Waals surface area (Å²) in [5.74, 6) is -1.29. The van der Waals surface area contributed by atoms with Crippen LogP contribution >= 0.6 is 0 Å². The lowest BCUT2D eigenvalue weighted by Crippen LogP contribution is -2.16. The second-order valence-corrected chi connectivity index (χ2v) is 4.03. The Hall–Kier alpha value is -1.62. The quantitative estimate of drug-likeness (QED) is 0.481. The van der Waals surface area contributed by atoms with E-state index in [9.17, 15) is 9.18 Å². The molecular weight excluding hydrogens is 223 g/mol. The van der Waals surface area contributed by atoms with Crippen molar-refractivity contribution in [1.82, 2.24) is 4.90 Å². The van der Waals surface area contributed by atoms with Gasteiger partial charge in [0.05, 0.1) is 12.2 Å². The number of nitrogen functional groups attached to an aromatic ring is 1. The fourth-order valence-corrected chi connectivity index (χ4v) is 1.32. The van der Waals surface area contributed by atoms with Crippen molar-refractivity contribution in [3.63, 3.8) is 0 Å². The number of halogens is 1. The highest BCUT2D eigenvalue weighted by Gasteiger charge is 2.13. The van der Waals surface area contributed by atoms with Crippen molar-refractivity contribution in [2.75, 3.05) is 33.0 Å². The first-order valence-electron chi connectivity index (χ1n) is 5.37. The molecule has 0 unspecified atom stereocenters. The van der Waals surface area contributed by atoms with Gasteiger partial charge in [0.15, 0.2) is 0 Å². The molecule has 0 fully saturated rings. The molecule has 0 radical (unpaired) electrons. The summed E-state index contributed by atoms with van der Waals surface area (Å²) in [6.07, 6.45) is 0.711. The van der Waals surface area contributed by atoms with Crippen molar-refractivity contribution in [1.29, 1.82) is 0 Å². The van der Waals surface area contributed by atoms with Crippen LogP contribution in [0.1, 0.15) is 16.8 Å². The highest BCUT2D eigenvalue weighted by molar-refractivity contribution is 5.90. The van der Waals surface area contributed by atoms with Crippen LogP contribution in [0.2, 0.25) is 0 Å². The van der Waals surface area contributed by atoms with Crippen molar-refractivity contribution >= 4 is 11.7 Å². The zero-order chi connectivity index (χ0) is 12.8. The SMILES string of the molecule is CN(C)CCCOC(=O)c1cc(N)ccc1F. The Bertz CT molecular complexity index is 394. The van der Waals surface area contributed by atoms with Gasteiger partial charge in [-0.05, 0) is 38.7 Å². The van der Waals surface area contributed by atoms with Crippen LogP contribution in [0.25, 0.3) is 0 Å². The number of carbonyl (C=O) groups is 1. The molecule has 0 aliphatic carbocycles. The summed E-state index contributed by atoms with van der Waals surface area (Å²) in [5, 5.41) is 0. The van der Waals surface area contributed by atoms with Crippen LogP contribution in [0.5, 0.6) is 0 Å². The summed E-state index contributed by atoms with van der Waals surface area (Å²) >= 11 is 0. The van der Waals surface area contributed by atoms with Crippen LogP contribution in [0, 0.1) is 5.82 Å². The van der Waals surface area contributed by atoms with E-state index in [2.05, 4.69) is 0 Å². The summed E-state index contributed by atoms with van der Waals surface area (Å²) in [5.41, 5.74) is 5.70. The number of ether oxygens (including phenoxy) is 1. The van der Waals surface area contributed by atoms with Crippen molar-refractivity contribution in [3.8, 4) is 0 Å². The molecule has 0 heterocycles. The lowest BCUT2D eigenvalue weighted by Gasteiger charge is -2.10. The van der Waals surface area contributed by atoms with Crippen molar-refractivity contribution in [2.45, 2.75) is 6.42 Å². The fourth-order valence-electron chi connectivity index (χ4n) is 1.32. The largest absolute Gasteiger partial charge is 0.462 e. The minimum Gasteiger partial charge on any atom is -0.462 e. The summed E-state index contributed by atoms with van der Waals surface area (Å²) in [4.78, 5) is 13.5. The number of carbonyl (C=O) groups excluding carboxylic acids is 1. The smallest absolute Gasteiger partial charge is 0.341 e. The van der Waals surface area contributed by atoms with Crippen LogP contribution < -0.4 is 5.73 Å². The Balaban J connectivity index is 2.49. The van der Waals surface area contributed by atoms with Gasteiger partial charge in [-0.3, -0.25) is 0 Å². The maximum absolute atomic E-state index is 13.3. The molecule has 0 amide bonds. The average molecular weight is 240 g/mol. The van der Waals surface area contributed by atoms with Gasteiger partial charge < -0.3 is 15.4 Å². The zero-order valence-electron chi connectivity index (χ0n) is 10.1. The molecule has 0 aromatic heterocycles. The summed E-state index contributed by atoms with van der Waals surface area (Å²) in [7, 11) is 3.86. The maximum Gasteiger partial charge on any atom is 0.341 e. The molecule has 0 saturated heterocycles. The molecule has 4 nitrogen and oxygen atoms in total. The van der Waals surface area contributed by atoms with Gasteiger partial charge in [0.25, 0.3) is 0 Å². The second-order valence-electron chi connectivity index (χ2n) is 4.03. The van der Waals surface area contributed by atoms with Gasteiger partial charge in [0.1, 0.15) is 5.82 Å². The molecule has 2 N–H and O–H groups in total. The van der Waals surface area contributed by atoms with Crippen molar-refractivity contribution in [3.05, 3.63) is 29.6 Å². The summed E-state index contributed by atoms with van der Waals surface area (Å²) < 4.78 is 18.2. The molecule has 0 aliphatic rings. The van der Waals surface area contributed by atoms with Crippen LogP contribution in [0.4, 0.5) is 10.1 Å². The lowest BCUT2D eigenvalue weighted by molar-refractivity contribution is 0.0488. The second kappa shape index (κ2) is 6.20. The van der Waals surface area contributed by atoms with Crippen LogP contribution in [0.3, 0.4) is 0 Å². The zero-order valence-corrected chi connectivity index (χ0v) is 10.1. The molecule has 17 heavy (non-hydrogen) atoms. The minimum atomic E-state index is -0.673. The Labute approximate surface area is 100 Å². The number of benzene rings is 1. The van der Waals surface area contributed by atoms with E-state index in [1.807, 2.05) is 19.0 Å². The van der Waals surface area contributed by atoms with Crippen LogP contribution in [-0.4, -0.2) is 38.1 Å². The maximum atomic E-state index is 13.3. The Kier molecular flexibility index (Phi) is 4.90. The van der Waals surface area contributed by atoms with Gasteiger partial charge in [0, 0.05) is 12.2 Å². The Morgan fingerprint density at radius 3 is 2.82 bits per heavy atom. The van der Waals surface area contributed by atoms with E-state index >= 15 is 0 Å². The molecular formula is C12H17FN2O2. The summed E-state index contributed by atoms with van der Waals surface area (Å²) in [6.45, 7) is 1.08. The standard InChI is InChI=1S/C12H17FN2O2/c1-15(2)6-3-7-17-12(16)10-8-9(14)4-5-11(10)13/h4-5,8H,3,6-7,14H2,1-2H3. The molecule has 94 valence electrons. The van der Waals surface area contributed by atoms with E-state index in [1.165, 1.54) is 12.1 Å². The lowest BCUT2D eigenvalue weighted by atomic mass is 10.2. The third-order valence-corrected chi connectivity index (χ3v) is 2.19. The van der Waals surface area contributed by atoms with Gasteiger partial charge in [-0.1, -0.05) is 0 Å². The van der Waals surface area contributed by atoms with Gasteiger partial charge in [-0.2, -0.15) is 0 Å². The van der Waals surface area contributed by atoms with E-state index < -0.39 is 11.8 Å². The molecule has 0 atom stereocenters. The molecule has 5 heteroatoms. The first kappa shape index (κ1) is 13.4. The van der Waals surface area contributed by atoms with E-state index in [-0.39, 0.29) is 12.2 Å². The predicted octanol–water partition coefficient (Wildman–Crippen LogP) is 1.52. The molecule has 0 aliphatic heterocycles. The van der Waals surface area contributed by atoms with E-state index in [0.29, 0.717) is 12.1 Å². The van der Waals surface area contributed by atoms with Gasteiger partial charge in [0.2, 0.25) is 0 Å². The highest BCUT2D eigenvalue weighted by atomic mass is 19.1. The number of nitrogens with zero attached hydrogens (tertiary/aromatic N) is 1. The molecule has 0 saturated carbocycles. The van der Waals surface area contributed by atoms with Gasteiger partial charge in [-0.25, -0.2) is 9.18 Å². The normalized spacial score (nSPS) is 10.6. The Morgan fingerprint density at radius 2 is 2.18 bits per heavy atom. The topological polar surface area (TPSA) is 55.6 Å². The Morgan fingerprint density at radius 1 is 1.47 bits per heavy atom. The number of anilines is 1. The van der Waals surface area contributed by atoms with Crippen molar-refractivity contribution in [2.24, 2.45) is 0 Å². The van der Waals surface area contributed by atoms with E-state index in [1.54, 1.807) is 0 Å². The van der Waals surface area contributed by atoms with Gasteiger partial charge in [-0.15, -0.1) is 0 Å². The van der Waals surface area contributed by atoms with E-state index in [4.69, 9.17) is 10.5 Å². The average Bonchev–Trinajstić information content (AvgIpc) is 2.27. The number of rotatable bonds is 5. The third-order valence-electron chi connectivity index (χ3n) is 2.19.